The Morgan fingerprint density at radius 1 is 1.00 bits per heavy atom. The van der Waals surface area contributed by atoms with Crippen molar-refractivity contribution in [2.75, 3.05) is 13.1 Å². The predicted molar refractivity (Wildman–Crippen MR) is 150 cm³/mol. The van der Waals surface area contributed by atoms with Gasteiger partial charge in [-0.15, -0.1) is 0 Å². The molecule has 0 unspecified atom stereocenters. The molecule has 5 heteroatoms. The highest BCUT2D eigenvalue weighted by Crippen LogP contribution is 2.73. The van der Waals surface area contributed by atoms with Gasteiger partial charge in [0.1, 0.15) is 6.07 Å². The summed E-state index contributed by atoms with van der Waals surface area (Å²) < 4.78 is 0. The standard InChI is InChI=1S/C34H46N2O3/c1-21-23-9-10-32(5)26(31(23,4)17-22(19-35)29(21)39)16-25(37)28-24-18-30(2,3)11-13-34(24,14-12-33(28,32)6)20-36-15-7-8-27(36)38/h16-17,21,23-24,28H,7-15,18,20H2,1-6H3/t21-,23-,24-,28-,31-,32+,33+,34+/m0/s1. The van der Waals surface area contributed by atoms with E-state index in [0.29, 0.717) is 6.42 Å². The van der Waals surface area contributed by atoms with Crippen molar-refractivity contribution in [2.45, 2.75) is 99.3 Å². The summed E-state index contributed by atoms with van der Waals surface area (Å²) in [6.45, 7) is 15.4. The van der Waals surface area contributed by atoms with Crippen molar-refractivity contribution in [1.29, 1.82) is 5.26 Å². The molecule has 0 spiro atoms. The van der Waals surface area contributed by atoms with Gasteiger partial charge < -0.3 is 4.90 Å². The van der Waals surface area contributed by atoms with E-state index in [1.54, 1.807) is 0 Å². The molecule has 1 saturated heterocycles. The van der Waals surface area contributed by atoms with Crippen LogP contribution in [0.25, 0.3) is 0 Å². The third-order valence-corrected chi connectivity index (χ3v) is 13.4. The first-order valence-corrected chi connectivity index (χ1v) is 15.4. The van der Waals surface area contributed by atoms with E-state index in [9.17, 15) is 19.6 Å². The summed E-state index contributed by atoms with van der Waals surface area (Å²) in [4.78, 5) is 42.4. The number of amides is 1. The zero-order chi connectivity index (χ0) is 28.2. The van der Waals surface area contributed by atoms with Crippen LogP contribution in [0.4, 0.5) is 0 Å². The van der Waals surface area contributed by atoms with Crippen LogP contribution in [-0.4, -0.2) is 35.5 Å². The van der Waals surface area contributed by atoms with Gasteiger partial charge in [0.25, 0.3) is 0 Å². The molecule has 5 aliphatic carbocycles. The zero-order valence-electron chi connectivity index (χ0n) is 24.9. The topological polar surface area (TPSA) is 78.2 Å². The fraction of sp³-hybridized carbons (Fsp3) is 0.765. The number of fused-ring (bicyclic) bond motifs is 7. The van der Waals surface area contributed by atoms with Gasteiger partial charge in [0, 0.05) is 36.8 Å². The van der Waals surface area contributed by atoms with E-state index < -0.39 is 5.41 Å². The maximum atomic E-state index is 14.5. The second kappa shape index (κ2) is 8.40. The molecule has 3 saturated carbocycles. The summed E-state index contributed by atoms with van der Waals surface area (Å²) in [5.74, 6) is 0.612. The lowest BCUT2D eigenvalue weighted by molar-refractivity contribution is -0.173. The van der Waals surface area contributed by atoms with Gasteiger partial charge in [0.15, 0.2) is 11.6 Å². The van der Waals surface area contributed by atoms with Gasteiger partial charge in [-0.3, -0.25) is 14.4 Å². The zero-order valence-corrected chi connectivity index (χ0v) is 24.9. The van der Waals surface area contributed by atoms with Gasteiger partial charge in [0.2, 0.25) is 5.91 Å². The largest absolute Gasteiger partial charge is 0.342 e. The molecule has 4 fully saturated rings. The number of carbonyl (C=O) groups excluding carboxylic acids is 3. The minimum atomic E-state index is -0.461. The second-order valence-corrected chi connectivity index (χ2v) is 15.7. The average Bonchev–Trinajstić information content (AvgIpc) is 3.27. The maximum Gasteiger partial charge on any atom is 0.222 e. The molecule has 6 rings (SSSR count). The molecule has 0 bridgehead atoms. The molecule has 6 aliphatic rings. The Morgan fingerprint density at radius 2 is 1.72 bits per heavy atom. The Bertz CT molecular complexity index is 1250. The van der Waals surface area contributed by atoms with Crippen molar-refractivity contribution in [2.24, 2.45) is 50.7 Å². The summed E-state index contributed by atoms with van der Waals surface area (Å²) >= 11 is 0. The first kappa shape index (κ1) is 27.0. The van der Waals surface area contributed by atoms with Gasteiger partial charge in [-0.2, -0.15) is 5.26 Å². The molecule has 39 heavy (non-hydrogen) atoms. The SMILES string of the molecule is C[C@@H]1C(=O)C(C#N)=C[C@]2(C)C3=CC(=O)[C@@H]4[C@@H]5CC(C)(C)CC[C@]5(CN5CCCC5=O)CC[C@@]4(C)[C@]3(C)CC[C@@H]12. The van der Waals surface area contributed by atoms with Gasteiger partial charge in [-0.25, -0.2) is 0 Å². The van der Waals surface area contributed by atoms with Gasteiger partial charge in [-0.05, 0) is 90.9 Å². The molecule has 0 N–H and O–H groups in total. The fourth-order valence-electron chi connectivity index (χ4n) is 10.9. The minimum absolute atomic E-state index is 0.0117. The first-order valence-electron chi connectivity index (χ1n) is 15.4. The van der Waals surface area contributed by atoms with E-state index in [0.717, 1.165) is 64.5 Å². The number of rotatable bonds is 2. The Hall–Kier alpha value is -2.22. The summed E-state index contributed by atoms with van der Waals surface area (Å²) in [7, 11) is 0. The average molecular weight is 531 g/mol. The number of allylic oxidation sites excluding steroid dienone is 4. The lowest BCUT2D eigenvalue weighted by Crippen LogP contribution is -2.65. The molecule has 8 atom stereocenters. The van der Waals surface area contributed by atoms with Crippen LogP contribution in [0.5, 0.6) is 0 Å². The van der Waals surface area contributed by atoms with Crippen LogP contribution in [0, 0.1) is 62.1 Å². The van der Waals surface area contributed by atoms with Crippen LogP contribution in [0.15, 0.2) is 23.3 Å². The molecule has 0 radical (unpaired) electrons. The molecule has 5 nitrogen and oxygen atoms in total. The van der Waals surface area contributed by atoms with Crippen molar-refractivity contribution < 1.29 is 14.4 Å². The van der Waals surface area contributed by atoms with E-state index >= 15 is 0 Å². The quantitative estimate of drug-likeness (QED) is 0.412. The highest BCUT2D eigenvalue weighted by molar-refractivity contribution is 6.02. The number of hydrogen-bond donors (Lipinski definition) is 0. The highest BCUT2D eigenvalue weighted by Gasteiger charge is 2.69. The lowest BCUT2D eigenvalue weighted by Gasteiger charge is -2.69. The van der Waals surface area contributed by atoms with E-state index in [-0.39, 0.29) is 68.4 Å². The number of nitrogens with zero attached hydrogens (tertiary/aromatic N) is 2. The molecule has 0 aromatic heterocycles. The predicted octanol–water partition coefficient (Wildman–Crippen LogP) is 6.44. The molecule has 210 valence electrons. The number of ketones is 2. The third kappa shape index (κ3) is 3.51. The van der Waals surface area contributed by atoms with Crippen LogP contribution in [0.3, 0.4) is 0 Å². The van der Waals surface area contributed by atoms with Crippen LogP contribution in [0.1, 0.15) is 99.3 Å². The number of Topliss-reactive ketones (excluding diaryl/α,β-unsaturated/α-hetero) is 1. The van der Waals surface area contributed by atoms with Crippen molar-refractivity contribution in [1.82, 2.24) is 4.90 Å². The molecule has 0 aromatic carbocycles. The van der Waals surface area contributed by atoms with Gasteiger partial charge >= 0.3 is 0 Å². The van der Waals surface area contributed by atoms with E-state index in [1.165, 1.54) is 5.57 Å². The van der Waals surface area contributed by atoms with Gasteiger partial charge in [0.05, 0.1) is 5.57 Å². The summed E-state index contributed by atoms with van der Waals surface area (Å²) in [6.07, 6.45) is 12.8. The number of hydrogen-bond acceptors (Lipinski definition) is 4. The molecule has 0 aromatic rings. The Kier molecular flexibility index (Phi) is 5.81. The second-order valence-electron chi connectivity index (χ2n) is 15.7. The first-order chi connectivity index (χ1) is 18.2. The van der Waals surface area contributed by atoms with E-state index in [4.69, 9.17) is 0 Å². The molecular weight excluding hydrogens is 484 g/mol. The van der Waals surface area contributed by atoms with E-state index in [1.807, 2.05) is 19.1 Å². The Balaban J connectivity index is 1.47. The molecule has 1 heterocycles. The monoisotopic (exact) mass is 530 g/mol. The highest BCUT2D eigenvalue weighted by atomic mass is 16.2. The molecule has 1 amide bonds. The third-order valence-electron chi connectivity index (χ3n) is 13.4. The van der Waals surface area contributed by atoms with Crippen molar-refractivity contribution in [3.05, 3.63) is 23.3 Å². The lowest BCUT2D eigenvalue weighted by atomic mass is 9.35. The van der Waals surface area contributed by atoms with Crippen LogP contribution in [0.2, 0.25) is 0 Å². The fourth-order valence-corrected chi connectivity index (χ4v) is 10.9. The minimum Gasteiger partial charge on any atom is -0.342 e. The van der Waals surface area contributed by atoms with Gasteiger partial charge in [-0.1, -0.05) is 53.2 Å². The molecule has 1 aliphatic heterocycles. The Morgan fingerprint density at radius 3 is 2.38 bits per heavy atom. The number of nitriles is 1. The van der Waals surface area contributed by atoms with Crippen LogP contribution >= 0.6 is 0 Å². The van der Waals surface area contributed by atoms with Crippen molar-refractivity contribution >= 4 is 17.5 Å². The number of likely N-dealkylation sites (tertiary alicyclic amines) is 1. The van der Waals surface area contributed by atoms with Crippen molar-refractivity contribution in [3.63, 3.8) is 0 Å². The van der Waals surface area contributed by atoms with E-state index in [2.05, 4.69) is 45.6 Å². The van der Waals surface area contributed by atoms with Crippen LogP contribution in [-0.2, 0) is 14.4 Å². The summed E-state index contributed by atoms with van der Waals surface area (Å²) in [5, 5.41) is 9.82. The van der Waals surface area contributed by atoms with Crippen molar-refractivity contribution in [3.8, 4) is 6.07 Å². The maximum absolute atomic E-state index is 14.5. The smallest absolute Gasteiger partial charge is 0.222 e. The summed E-state index contributed by atoms with van der Waals surface area (Å²) in [6, 6.07) is 2.18. The number of carbonyl (C=O) groups is 3. The Labute approximate surface area is 234 Å². The summed E-state index contributed by atoms with van der Waals surface area (Å²) in [5.41, 5.74) is 0.794. The normalized spacial score (nSPS) is 46.8. The van der Waals surface area contributed by atoms with Crippen LogP contribution < -0.4 is 0 Å². The molecular formula is C34H46N2O3.